The SMILES string of the molecule is O=C1CCc2cc(Br)ccc21.O=C1NCCc2cc(Br)ccc21. The third kappa shape index (κ3) is 3.72. The molecular weight excluding hydrogens is 422 g/mol. The zero-order valence-corrected chi connectivity index (χ0v) is 15.5. The van der Waals surface area contributed by atoms with Crippen molar-refractivity contribution in [2.75, 3.05) is 6.54 Å². The van der Waals surface area contributed by atoms with E-state index in [1.54, 1.807) is 0 Å². The second-order valence-electron chi connectivity index (χ2n) is 5.53. The van der Waals surface area contributed by atoms with Gasteiger partial charge in [0.05, 0.1) is 0 Å². The number of rotatable bonds is 0. The zero-order valence-electron chi connectivity index (χ0n) is 12.4. The number of nitrogens with one attached hydrogen (secondary N) is 1. The van der Waals surface area contributed by atoms with Crippen molar-refractivity contribution in [1.82, 2.24) is 5.32 Å². The van der Waals surface area contributed by atoms with Crippen molar-refractivity contribution in [2.45, 2.75) is 19.3 Å². The van der Waals surface area contributed by atoms with Crippen LogP contribution in [0.15, 0.2) is 45.3 Å². The first-order chi connectivity index (χ1) is 11.0. The number of hydrogen-bond acceptors (Lipinski definition) is 2. The highest BCUT2D eigenvalue weighted by Crippen LogP contribution is 2.24. The Kier molecular flexibility index (Phi) is 4.97. The van der Waals surface area contributed by atoms with Crippen molar-refractivity contribution < 1.29 is 9.59 Å². The van der Waals surface area contributed by atoms with Crippen LogP contribution in [0.3, 0.4) is 0 Å². The average Bonchev–Trinajstić information content (AvgIpc) is 2.88. The van der Waals surface area contributed by atoms with Gasteiger partial charge in [-0.15, -0.1) is 0 Å². The molecule has 3 nitrogen and oxygen atoms in total. The highest BCUT2D eigenvalue weighted by Gasteiger charge is 2.18. The van der Waals surface area contributed by atoms with Gasteiger partial charge in [-0.2, -0.15) is 0 Å². The van der Waals surface area contributed by atoms with Gasteiger partial charge in [0.1, 0.15) is 0 Å². The van der Waals surface area contributed by atoms with Crippen molar-refractivity contribution in [2.24, 2.45) is 0 Å². The Balaban J connectivity index is 0.000000136. The normalized spacial score (nSPS) is 15.2. The van der Waals surface area contributed by atoms with E-state index >= 15 is 0 Å². The average molecular weight is 437 g/mol. The lowest BCUT2D eigenvalue weighted by Gasteiger charge is -2.15. The van der Waals surface area contributed by atoms with Crippen LogP contribution in [0.1, 0.15) is 38.3 Å². The van der Waals surface area contributed by atoms with Crippen LogP contribution >= 0.6 is 31.9 Å². The van der Waals surface area contributed by atoms with Crippen molar-refractivity contribution in [3.05, 3.63) is 67.6 Å². The number of amides is 1. The van der Waals surface area contributed by atoms with E-state index in [1.165, 1.54) is 5.56 Å². The first-order valence-corrected chi connectivity index (χ1v) is 9.01. The van der Waals surface area contributed by atoms with Crippen molar-refractivity contribution >= 4 is 43.6 Å². The molecule has 1 heterocycles. The summed E-state index contributed by atoms with van der Waals surface area (Å²) in [6, 6.07) is 11.6. The van der Waals surface area contributed by atoms with Crippen LogP contribution in [0, 0.1) is 0 Å². The molecule has 23 heavy (non-hydrogen) atoms. The number of aryl methyl sites for hydroxylation is 1. The maximum atomic E-state index is 11.3. The van der Waals surface area contributed by atoms with E-state index in [4.69, 9.17) is 0 Å². The monoisotopic (exact) mass is 435 g/mol. The molecule has 1 amide bonds. The molecule has 1 N–H and O–H groups in total. The molecule has 0 saturated carbocycles. The number of Topliss-reactive ketones (excluding diaryl/α,β-unsaturated/α-hetero) is 1. The predicted octanol–water partition coefficient (Wildman–Crippen LogP) is 4.31. The summed E-state index contributed by atoms with van der Waals surface area (Å²) < 4.78 is 2.10. The lowest BCUT2D eigenvalue weighted by molar-refractivity contribution is 0.0944. The van der Waals surface area contributed by atoms with Crippen LogP contribution in [0.2, 0.25) is 0 Å². The van der Waals surface area contributed by atoms with Gasteiger partial charge in [-0.05, 0) is 54.3 Å². The third-order valence-electron chi connectivity index (χ3n) is 3.98. The lowest BCUT2D eigenvalue weighted by atomic mass is 10.0. The van der Waals surface area contributed by atoms with Crippen LogP contribution < -0.4 is 5.32 Å². The number of carbonyl (C=O) groups is 2. The van der Waals surface area contributed by atoms with E-state index in [-0.39, 0.29) is 11.7 Å². The smallest absolute Gasteiger partial charge is 0.251 e. The van der Waals surface area contributed by atoms with Gasteiger partial charge in [0.15, 0.2) is 5.78 Å². The second kappa shape index (κ2) is 6.97. The van der Waals surface area contributed by atoms with Crippen LogP contribution in [-0.2, 0) is 12.8 Å². The Hall–Kier alpha value is -1.46. The Morgan fingerprint density at radius 3 is 2.09 bits per heavy atom. The summed E-state index contributed by atoms with van der Waals surface area (Å²) in [4.78, 5) is 22.4. The van der Waals surface area contributed by atoms with Crippen molar-refractivity contribution in [3.8, 4) is 0 Å². The fourth-order valence-electron chi connectivity index (χ4n) is 2.82. The molecule has 0 fully saturated rings. The number of fused-ring (bicyclic) bond motifs is 2. The van der Waals surface area contributed by atoms with E-state index in [0.717, 1.165) is 45.0 Å². The van der Waals surface area contributed by atoms with Crippen molar-refractivity contribution in [3.63, 3.8) is 0 Å². The minimum atomic E-state index is 0.0451. The molecule has 118 valence electrons. The van der Waals surface area contributed by atoms with Gasteiger partial charge >= 0.3 is 0 Å². The highest BCUT2D eigenvalue weighted by atomic mass is 79.9. The predicted molar refractivity (Wildman–Crippen MR) is 97.0 cm³/mol. The molecular formula is C18H15Br2NO2. The van der Waals surface area contributed by atoms with Gasteiger partial charge in [-0.25, -0.2) is 0 Å². The van der Waals surface area contributed by atoms with Crippen LogP contribution in [-0.4, -0.2) is 18.2 Å². The molecule has 0 atom stereocenters. The molecule has 2 aromatic carbocycles. The molecule has 0 aromatic heterocycles. The minimum absolute atomic E-state index is 0.0451. The third-order valence-corrected chi connectivity index (χ3v) is 4.97. The van der Waals surface area contributed by atoms with Crippen LogP contribution in [0.4, 0.5) is 0 Å². The molecule has 4 rings (SSSR count). The number of halogens is 2. The number of ketones is 1. The summed E-state index contributed by atoms with van der Waals surface area (Å²) in [5, 5.41) is 2.80. The molecule has 2 aliphatic rings. The van der Waals surface area contributed by atoms with Crippen LogP contribution in [0.5, 0.6) is 0 Å². The summed E-state index contributed by atoms with van der Waals surface area (Å²) in [7, 11) is 0. The summed E-state index contributed by atoms with van der Waals surface area (Å²) in [6.45, 7) is 0.752. The summed E-state index contributed by atoms with van der Waals surface area (Å²) in [5.74, 6) is 0.330. The molecule has 0 bridgehead atoms. The van der Waals surface area contributed by atoms with E-state index in [2.05, 4.69) is 37.2 Å². The Bertz CT molecular complexity index is 787. The highest BCUT2D eigenvalue weighted by molar-refractivity contribution is 9.10. The Morgan fingerprint density at radius 2 is 1.39 bits per heavy atom. The molecule has 0 saturated heterocycles. The molecule has 0 radical (unpaired) electrons. The summed E-state index contributed by atoms with van der Waals surface area (Å²) in [6.07, 6.45) is 2.53. The molecule has 1 aliphatic carbocycles. The maximum absolute atomic E-state index is 11.3. The molecule has 1 aliphatic heterocycles. The summed E-state index contributed by atoms with van der Waals surface area (Å²) >= 11 is 6.75. The standard InChI is InChI=1S/C9H8BrNO.C9H7BrO/c10-7-1-2-8-6(5-7)3-4-11-9(8)12;10-7-2-3-8-6(5-7)1-4-9(8)11/h1-2,5H,3-4H2,(H,11,12);2-3,5H,1,4H2. The first-order valence-electron chi connectivity index (χ1n) is 7.43. The molecule has 0 unspecified atom stereocenters. The van der Waals surface area contributed by atoms with E-state index < -0.39 is 0 Å². The van der Waals surface area contributed by atoms with Gasteiger partial charge in [0.25, 0.3) is 5.91 Å². The largest absolute Gasteiger partial charge is 0.352 e. The number of hydrogen-bond donors (Lipinski definition) is 1. The van der Waals surface area contributed by atoms with E-state index in [0.29, 0.717) is 6.42 Å². The Labute approximate surface area is 151 Å². The van der Waals surface area contributed by atoms with E-state index in [9.17, 15) is 9.59 Å². The fourth-order valence-corrected chi connectivity index (χ4v) is 3.64. The van der Waals surface area contributed by atoms with Crippen molar-refractivity contribution in [1.29, 1.82) is 0 Å². The van der Waals surface area contributed by atoms with Gasteiger partial charge in [0, 0.05) is 33.0 Å². The molecule has 2 aromatic rings. The van der Waals surface area contributed by atoms with E-state index in [1.807, 2.05) is 36.4 Å². The second-order valence-corrected chi connectivity index (χ2v) is 7.36. The quantitative estimate of drug-likeness (QED) is 0.668. The lowest BCUT2D eigenvalue weighted by Crippen LogP contribution is -2.31. The number of benzene rings is 2. The van der Waals surface area contributed by atoms with Gasteiger partial charge in [-0.3, -0.25) is 9.59 Å². The van der Waals surface area contributed by atoms with Gasteiger partial charge in [0.2, 0.25) is 0 Å². The minimum Gasteiger partial charge on any atom is -0.352 e. The maximum Gasteiger partial charge on any atom is 0.251 e. The molecule has 0 spiro atoms. The van der Waals surface area contributed by atoms with Gasteiger partial charge < -0.3 is 5.32 Å². The zero-order chi connectivity index (χ0) is 16.4. The van der Waals surface area contributed by atoms with Gasteiger partial charge in [-0.1, -0.05) is 37.9 Å². The first kappa shape index (κ1) is 16.4. The fraction of sp³-hybridized carbons (Fsp3) is 0.222. The number of carbonyl (C=O) groups excluding carboxylic acids is 2. The van der Waals surface area contributed by atoms with Crippen LogP contribution in [0.25, 0.3) is 0 Å². The Morgan fingerprint density at radius 1 is 0.783 bits per heavy atom. The molecule has 5 heteroatoms. The topological polar surface area (TPSA) is 46.2 Å². The summed E-state index contributed by atoms with van der Waals surface area (Å²) in [5.41, 5.74) is 4.04.